The van der Waals surface area contributed by atoms with Crippen LogP contribution in [0.1, 0.15) is 66.2 Å². The number of ether oxygens (including phenoxy) is 1. The summed E-state index contributed by atoms with van der Waals surface area (Å²) in [5.41, 5.74) is 6.59. The summed E-state index contributed by atoms with van der Waals surface area (Å²) in [5, 5.41) is 3.60. The van der Waals surface area contributed by atoms with Crippen molar-refractivity contribution in [2.45, 2.75) is 62.1 Å². The average Bonchev–Trinajstić information content (AvgIpc) is 3.14. The van der Waals surface area contributed by atoms with Crippen molar-refractivity contribution in [2.75, 3.05) is 26.7 Å². The molecule has 0 radical (unpaired) electrons. The van der Waals surface area contributed by atoms with E-state index in [1.165, 1.54) is 24.2 Å². The van der Waals surface area contributed by atoms with Crippen molar-refractivity contribution in [3.05, 3.63) is 46.3 Å². The Morgan fingerprint density at radius 2 is 2.03 bits per heavy atom. The van der Waals surface area contributed by atoms with Gasteiger partial charge in [-0.25, -0.2) is 8.42 Å². The number of sulfonamides is 1. The number of rotatable bonds is 11. The van der Waals surface area contributed by atoms with Crippen molar-refractivity contribution in [3.63, 3.8) is 0 Å². The fourth-order valence-corrected chi connectivity index (χ4v) is 7.27. The molecule has 0 saturated carbocycles. The summed E-state index contributed by atoms with van der Waals surface area (Å²) in [6.45, 7) is 4.26. The Morgan fingerprint density at radius 3 is 2.76 bits per heavy atom. The molecule has 1 atom stereocenters. The molecule has 2 heterocycles. The van der Waals surface area contributed by atoms with Gasteiger partial charge in [0.15, 0.2) is 0 Å². The molecule has 182 valence electrons. The predicted molar refractivity (Wildman–Crippen MR) is 133 cm³/mol. The van der Waals surface area contributed by atoms with Crippen LogP contribution in [0.3, 0.4) is 0 Å². The highest BCUT2D eigenvalue weighted by atomic mass is 32.2. The lowest BCUT2D eigenvalue weighted by atomic mass is 10.0. The van der Waals surface area contributed by atoms with Crippen LogP contribution in [0.25, 0.3) is 0 Å². The molecule has 1 unspecified atom stereocenters. The maximum atomic E-state index is 13.3. The van der Waals surface area contributed by atoms with E-state index in [4.69, 9.17) is 10.5 Å². The number of amides is 1. The quantitative estimate of drug-likeness (QED) is 0.464. The highest BCUT2D eigenvalue weighted by Crippen LogP contribution is 2.31. The average molecular weight is 494 g/mol. The third-order valence-corrected chi connectivity index (χ3v) is 9.55. The molecule has 3 N–H and O–H groups in total. The summed E-state index contributed by atoms with van der Waals surface area (Å²) in [7, 11) is -2.01. The number of thiophene rings is 1. The van der Waals surface area contributed by atoms with Gasteiger partial charge in [-0.3, -0.25) is 4.79 Å². The van der Waals surface area contributed by atoms with Crippen molar-refractivity contribution >= 4 is 27.3 Å². The van der Waals surface area contributed by atoms with Gasteiger partial charge in [0.05, 0.1) is 7.11 Å². The highest BCUT2D eigenvalue weighted by Gasteiger charge is 2.29. The van der Waals surface area contributed by atoms with Crippen LogP contribution in [0.2, 0.25) is 0 Å². The van der Waals surface area contributed by atoms with Gasteiger partial charge in [-0.2, -0.15) is 4.31 Å². The Kier molecular flexibility index (Phi) is 9.31. The lowest BCUT2D eigenvalue weighted by Crippen LogP contribution is -2.34. The third-order valence-electron chi connectivity index (χ3n) is 6.10. The molecule has 3 rings (SSSR count). The monoisotopic (exact) mass is 493 g/mol. The van der Waals surface area contributed by atoms with Crippen molar-refractivity contribution in [1.82, 2.24) is 9.62 Å². The standard InChI is InChI=1S/C24H35N3O4S2/c1-3-4-5-14-26-18-8-7-15-27(16-13-18)33(29,30)23-12-11-19(32-23)17-21-20(24(25)28)9-6-10-22(21)31-2/h6,9-12,18,26H,3-5,7-8,13-17H2,1-2H3,(H2,25,28). The van der Waals surface area contributed by atoms with E-state index in [2.05, 4.69) is 12.2 Å². The van der Waals surface area contributed by atoms with E-state index in [9.17, 15) is 13.2 Å². The number of benzene rings is 1. The first-order valence-electron chi connectivity index (χ1n) is 11.6. The topological polar surface area (TPSA) is 102 Å². The van der Waals surface area contributed by atoms with Gasteiger partial charge in [0.2, 0.25) is 5.91 Å². The van der Waals surface area contributed by atoms with Gasteiger partial charge in [-0.05, 0) is 56.5 Å². The number of carbonyl (C=O) groups is 1. The number of nitrogens with one attached hydrogen (secondary N) is 1. The van der Waals surface area contributed by atoms with Crippen molar-refractivity contribution in [1.29, 1.82) is 0 Å². The minimum atomic E-state index is -3.55. The first-order valence-corrected chi connectivity index (χ1v) is 13.9. The first kappa shape index (κ1) is 25.7. The van der Waals surface area contributed by atoms with Crippen LogP contribution in [-0.4, -0.2) is 51.4 Å². The molecule has 1 fully saturated rings. The Hall–Kier alpha value is -1.94. The number of hydrogen-bond acceptors (Lipinski definition) is 6. The molecular weight excluding hydrogens is 458 g/mol. The van der Waals surface area contributed by atoms with Crippen LogP contribution in [0.5, 0.6) is 5.75 Å². The van der Waals surface area contributed by atoms with Crippen LogP contribution < -0.4 is 15.8 Å². The van der Waals surface area contributed by atoms with Gasteiger partial charge in [0, 0.05) is 41.6 Å². The molecule has 7 nitrogen and oxygen atoms in total. The number of nitrogens with zero attached hydrogens (tertiary/aromatic N) is 1. The van der Waals surface area contributed by atoms with Crippen molar-refractivity contribution in [2.24, 2.45) is 5.73 Å². The summed E-state index contributed by atoms with van der Waals surface area (Å²) < 4.78 is 34.0. The van der Waals surface area contributed by atoms with Crippen molar-refractivity contribution < 1.29 is 17.9 Å². The molecule has 1 aliphatic heterocycles. The number of unbranched alkanes of at least 4 members (excludes halogenated alkanes) is 2. The Balaban J connectivity index is 1.69. The molecule has 0 aliphatic carbocycles. The van der Waals surface area contributed by atoms with Gasteiger partial charge in [0.1, 0.15) is 9.96 Å². The zero-order valence-electron chi connectivity index (χ0n) is 19.5. The molecule has 1 aromatic heterocycles. The Labute approximate surface area is 201 Å². The van der Waals surface area contributed by atoms with Crippen LogP contribution in [0.15, 0.2) is 34.5 Å². The maximum Gasteiger partial charge on any atom is 0.252 e. The second-order valence-corrected chi connectivity index (χ2v) is 11.8. The molecule has 9 heteroatoms. The number of carbonyl (C=O) groups excluding carboxylic acids is 1. The van der Waals surface area contributed by atoms with E-state index < -0.39 is 15.9 Å². The molecule has 1 amide bonds. The van der Waals surface area contributed by atoms with Crippen LogP contribution in [0, 0.1) is 0 Å². The molecule has 1 aromatic carbocycles. The molecule has 0 bridgehead atoms. The van der Waals surface area contributed by atoms with E-state index in [0.717, 1.165) is 37.1 Å². The lowest BCUT2D eigenvalue weighted by Gasteiger charge is -2.19. The minimum Gasteiger partial charge on any atom is -0.496 e. The van der Waals surface area contributed by atoms with Gasteiger partial charge in [-0.1, -0.05) is 25.8 Å². The summed E-state index contributed by atoms with van der Waals surface area (Å²) >= 11 is 1.24. The minimum absolute atomic E-state index is 0.336. The molecule has 2 aromatic rings. The fraction of sp³-hybridized carbons (Fsp3) is 0.542. The molecular formula is C24H35N3O4S2. The summed E-state index contributed by atoms with van der Waals surface area (Å²) in [6, 6.07) is 9.01. The molecule has 1 saturated heterocycles. The number of nitrogens with two attached hydrogens (primary N) is 1. The molecule has 33 heavy (non-hydrogen) atoms. The van der Waals surface area contributed by atoms with E-state index in [1.807, 2.05) is 6.07 Å². The largest absolute Gasteiger partial charge is 0.496 e. The van der Waals surface area contributed by atoms with Crippen LogP contribution >= 0.6 is 11.3 Å². The lowest BCUT2D eigenvalue weighted by molar-refractivity contribution is 0.0999. The van der Waals surface area contributed by atoms with Gasteiger partial charge in [0.25, 0.3) is 10.0 Å². The number of primary amides is 1. The van der Waals surface area contributed by atoms with Crippen LogP contribution in [-0.2, 0) is 16.4 Å². The maximum absolute atomic E-state index is 13.3. The Bertz CT molecular complexity index is 1040. The number of methoxy groups -OCH3 is 1. The number of hydrogen-bond donors (Lipinski definition) is 2. The normalized spacial score (nSPS) is 17.6. The van der Waals surface area contributed by atoms with E-state index in [0.29, 0.717) is 46.6 Å². The molecule has 1 aliphatic rings. The molecule has 0 spiro atoms. The summed E-state index contributed by atoms with van der Waals surface area (Å²) in [6.07, 6.45) is 6.64. The van der Waals surface area contributed by atoms with E-state index in [1.54, 1.807) is 35.7 Å². The van der Waals surface area contributed by atoms with Gasteiger partial charge in [-0.15, -0.1) is 11.3 Å². The SMILES string of the molecule is CCCCCNC1CCCN(S(=O)(=O)c2ccc(Cc3c(OC)cccc3C(N)=O)s2)CC1. The fourth-order valence-electron chi connectivity index (χ4n) is 4.26. The zero-order chi connectivity index (χ0) is 23.8. The third kappa shape index (κ3) is 6.56. The second kappa shape index (κ2) is 12.0. The van der Waals surface area contributed by atoms with E-state index in [-0.39, 0.29) is 0 Å². The first-order chi connectivity index (χ1) is 15.9. The van der Waals surface area contributed by atoms with Crippen molar-refractivity contribution in [3.8, 4) is 5.75 Å². The zero-order valence-corrected chi connectivity index (χ0v) is 21.1. The van der Waals surface area contributed by atoms with Gasteiger partial charge < -0.3 is 15.8 Å². The summed E-state index contributed by atoms with van der Waals surface area (Å²) in [5.74, 6) is 0.0322. The smallest absolute Gasteiger partial charge is 0.252 e. The summed E-state index contributed by atoms with van der Waals surface area (Å²) in [4.78, 5) is 12.7. The predicted octanol–water partition coefficient (Wildman–Crippen LogP) is 3.77. The second-order valence-electron chi connectivity index (χ2n) is 8.44. The van der Waals surface area contributed by atoms with Crippen LogP contribution in [0.4, 0.5) is 0 Å². The van der Waals surface area contributed by atoms with E-state index >= 15 is 0 Å². The highest BCUT2D eigenvalue weighted by molar-refractivity contribution is 7.91. The Morgan fingerprint density at radius 1 is 1.21 bits per heavy atom. The van der Waals surface area contributed by atoms with Gasteiger partial charge >= 0.3 is 0 Å².